The minimum Gasteiger partial charge on any atom is -0.334 e. The van der Waals surface area contributed by atoms with Crippen LogP contribution in [0.2, 0.25) is 0 Å². The molecule has 1 amide bonds. The van der Waals surface area contributed by atoms with Crippen LogP contribution in [0, 0.1) is 5.82 Å². The topological polar surface area (TPSA) is 60.1 Å². The fourth-order valence-electron chi connectivity index (χ4n) is 4.07. The van der Waals surface area contributed by atoms with E-state index in [9.17, 15) is 14.0 Å². The molecule has 0 radical (unpaired) electrons. The van der Waals surface area contributed by atoms with E-state index in [0.717, 1.165) is 49.9 Å². The van der Waals surface area contributed by atoms with Crippen molar-refractivity contribution in [2.24, 2.45) is 0 Å². The quantitative estimate of drug-likeness (QED) is 0.846. The lowest BCUT2D eigenvalue weighted by atomic mass is 10.0. The third-order valence-electron chi connectivity index (χ3n) is 5.37. The van der Waals surface area contributed by atoms with Crippen LogP contribution in [0.4, 0.5) is 4.39 Å². The van der Waals surface area contributed by atoms with Crippen molar-refractivity contribution in [2.45, 2.75) is 57.7 Å². The second-order valence-corrected chi connectivity index (χ2v) is 7.12. The third kappa shape index (κ3) is 3.18. The molecule has 1 aromatic carbocycles. The SMILES string of the molecule is O=C(Cn1nc2n(c1=O)CCCCC2)N1CCCC1c1cccc(F)c1. The monoisotopic (exact) mass is 358 g/mol. The number of fused-ring (bicyclic) bond motifs is 1. The molecule has 6 nitrogen and oxygen atoms in total. The average Bonchev–Trinajstić information content (AvgIpc) is 3.14. The summed E-state index contributed by atoms with van der Waals surface area (Å²) in [4.78, 5) is 27.2. The number of aryl methyl sites for hydroxylation is 1. The molecule has 4 rings (SSSR count). The molecular weight excluding hydrogens is 335 g/mol. The van der Waals surface area contributed by atoms with Crippen LogP contribution in [0.25, 0.3) is 0 Å². The second kappa shape index (κ2) is 7.05. The number of hydrogen-bond donors (Lipinski definition) is 0. The predicted molar refractivity (Wildman–Crippen MR) is 94.1 cm³/mol. The van der Waals surface area contributed by atoms with Crippen LogP contribution in [-0.4, -0.2) is 31.7 Å². The minimum absolute atomic E-state index is 0.0509. The molecule has 3 heterocycles. The molecule has 7 heteroatoms. The summed E-state index contributed by atoms with van der Waals surface area (Å²) >= 11 is 0. The Balaban J connectivity index is 1.54. The minimum atomic E-state index is -0.296. The third-order valence-corrected chi connectivity index (χ3v) is 5.37. The Kier molecular flexibility index (Phi) is 4.61. The first-order valence-electron chi connectivity index (χ1n) is 9.35. The lowest BCUT2D eigenvalue weighted by molar-refractivity contribution is -0.133. The first-order chi connectivity index (χ1) is 12.6. The van der Waals surface area contributed by atoms with Crippen molar-refractivity contribution in [3.8, 4) is 0 Å². The molecular formula is C19H23FN4O2. The summed E-state index contributed by atoms with van der Waals surface area (Å²) in [5.74, 6) is 0.353. The largest absolute Gasteiger partial charge is 0.346 e. The highest BCUT2D eigenvalue weighted by atomic mass is 19.1. The maximum absolute atomic E-state index is 13.6. The molecule has 0 spiro atoms. The fourth-order valence-corrected chi connectivity index (χ4v) is 4.07. The van der Waals surface area contributed by atoms with Gasteiger partial charge in [-0.2, -0.15) is 5.10 Å². The maximum atomic E-state index is 13.6. The van der Waals surface area contributed by atoms with Gasteiger partial charge in [0, 0.05) is 19.5 Å². The van der Waals surface area contributed by atoms with E-state index in [0.29, 0.717) is 13.1 Å². The van der Waals surface area contributed by atoms with Gasteiger partial charge >= 0.3 is 5.69 Å². The summed E-state index contributed by atoms with van der Waals surface area (Å²) in [5, 5.41) is 4.39. The van der Waals surface area contributed by atoms with Gasteiger partial charge in [-0.15, -0.1) is 0 Å². The number of rotatable bonds is 3. The Bertz CT molecular complexity index is 873. The molecule has 0 bridgehead atoms. The second-order valence-electron chi connectivity index (χ2n) is 7.12. The zero-order valence-electron chi connectivity index (χ0n) is 14.7. The first-order valence-corrected chi connectivity index (χ1v) is 9.35. The molecule has 1 fully saturated rings. The number of carbonyl (C=O) groups is 1. The molecule has 0 saturated carbocycles. The Morgan fingerprint density at radius 1 is 1.19 bits per heavy atom. The number of amides is 1. The number of likely N-dealkylation sites (tertiary alicyclic amines) is 1. The number of benzene rings is 1. The molecule has 1 unspecified atom stereocenters. The Morgan fingerprint density at radius 3 is 2.92 bits per heavy atom. The lowest BCUT2D eigenvalue weighted by Crippen LogP contribution is -2.37. The van der Waals surface area contributed by atoms with Crippen LogP contribution in [0.5, 0.6) is 0 Å². The van der Waals surface area contributed by atoms with Gasteiger partial charge in [0.15, 0.2) is 0 Å². The molecule has 138 valence electrons. The van der Waals surface area contributed by atoms with Crippen LogP contribution in [0.1, 0.15) is 49.5 Å². The van der Waals surface area contributed by atoms with Gasteiger partial charge in [0.05, 0.1) is 6.04 Å². The summed E-state index contributed by atoms with van der Waals surface area (Å²) in [6.07, 6.45) is 5.57. The number of nitrogens with zero attached hydrogens (tertiary/aromatic N) is 4. The highest BCUT2D eigenvalue weighted by Crippen LogP contribution is 2.32. The summed E-state index contributed by atoms with van der Waals surface area (Å²) in [6, 6.07) is 6.28. The van der Waals surface area contributed by atoms with Crippen LogP contribution in [-0.2, 0) is 24.3 Å². The van der Waals surface area contributed by atoms with Gasteiger partial charge in [0.1, 0.15) is 18.2 Å². The fraction of sp³-hybridized carbons (Fsp3) is 0.526. The molecule has 2 aliphatic rings. The normalized spacial score (nSPS) is 20.0. The zero-order valence-corrected chi connectivity index (χ0v) is 14.7. The Labute approximate surface area is 151 Å². The van der Waals surface area contributed by atoms with E-state index in [2.05, 4.69) is 5.10 Å². The van der Waals surface area contributed by atoms with Crippen LogP contribution >= 0.6 is 0 Å². The molecule has 2 aliphatic heterocycles. The molecule has 2 aromatic rings. The van der Waals surface area contributed by atoms with Crippen molar-refractivity contribution >= 4 is 5.91 Å². The van der Waals surface area contributed by atoms with E-state index in [1.54, 1.807) is 15.5 Å². The molecule has 1 atom stereocenters. The molecule has 0 N–H and O–H groups in total. The Morgan fingerprint density at radius 2 is 2.08 bits per heavy atom. The van der Waals surface area contributed by atoms with Gasteiger partial charge in [0.25, 0.3) is 0 Å². The first kappa shape index (κ1) is 17.0. The van der Waals surface area contributed by atoms with E-state index < -0.39 is 0 Å². The van der Waals surface area contributed by atoms with Crippen LogP contribution in [0.15, 0.2) is 29.1 Å². The number of hydrogen-bond acceptors (Lipinski definition) is 3. The van der Waals surface area contributed by atoms with Gasteiger partial charge in [-0.3, -0.25) is 9.36 Å². The van der Waals surface area contributed by atoms with Gasteiger partial charge in [-0.1, -0.05) is 18.6 Å². The number of aromatic nitrogens is 3. The van der Waals surface area contributed by atoms with E-state index in [1.807, 2.05) is 6.07 Å². The van der Waals surface area contributed by atoms with E-state index in [4.69, 9.17) is 0 Å². The predicted octanol–water partition coefficient (Wildman–Crippen LogP) is 2.27. The molecule has 1 aromatic heterocycles. The van der Waals surface area contributed by atoms with Crippen molar-refractivity contribution in [3.63, 3.8) is 0 Å². The van der Waals surface area contributed by atoms with E-state index >= 15 is 0 Å². The lowest BCUT2D eigenvalue weighted by Gasteiger charge is -2.25. The Hall–Kier alpha value is -2.44. The van der Waals surface area contributed by atoms with E-state index in [1.165, 1.54) is 16.8 Å². The average molecular weight is 358 g/mol. The molecule has 1 saturated heterocycles. The number of carbonyl (C=O) groups excluding carboxylic acids is 1. The molecule has 26 heavy (non-hydrogen) atoms. The highest BCUT2D eigenvalue weighted by molar-refractivity contribution is 5.76. The summed E-state index contributed by atoms with van der Waals surface area (Å²) in [5.41, 5.74) is 0.612. The standard InChI is InChI=1S/C19H23FN4O2/c20-15-7-4-6-14(12-15)16-8-5-11-22(16)18(25)13-24-19(26)23-10-3-1-2-9-17(23)21-24/h4,6-7,12,16H,1-3,5,8-11,13H2. The summed E-state index contributed by atoms with van der Waals surface area (Å²) in [7, 11) is 0. The summed E-state index contributed by atoms with van der Waals surface area (Å²) < 4.78 is 16.5. The van der Waals surface area contributed by atoms with Crippen molar-refractivity contribution in [1.29, 1.82) is 0 Å². The maximum Gasteiger partial charge on any atom is 0.346 e. The van der Waals surface area contributed by atoms with Crippen molar-refractivity contribution in [3.05, 3.63) is 52.0 Å². The highest BCUT2D eigenvalue weighted by Gasteiger charge is 2.31. The zero-order chi connectivity index (χ0) is 18.1. The van der Waals surface area contributed by atoms with Gasteiger partial charge in [0.2, 0.25) is 5.91 Å². The van der Waals surface area contributed by atoms with E-state index in [-0.39, 0.29) is 30.0 Å². The van der Waals surface area contributed by atoms with Crippen molar-refractivity contribution in [1.82, 2.24) is 19.2 Å². The smallest absolute Gasteiger partial charge is 0.334 e. The van der Waals surface area contributed by atoms with Crippen molar-refractivity contribution < 1.29 is 9.18 Å². The summed E-state index contributed by atoms with van der Waals surface area (Å²) in [6.45, 7) is 1.25. The van der Waals surface area contributed by atoms with Gasteiger partial charge in [-0.25, -0.2) is 13.9 Å². The van der Waals surface area contributed by atoms with Crippen LogP contribution < -0.4 is 5.69 Å². The molecule has 0 aliphatic carbocycles. The number of halogens is 1. The van der Waals surface area contributed by atoms with Gasteiger partial charge in [-0.05, 0) is 43.4 Å². The van der Waals surface area contributed by atoms with Gasteiger partial charge < -0.3 is 4.90 Å². The van der Waals surface area contributed by atoms with Crippen molar-refractivity contribution in [2.75, 3.05) is 6.54 Å². The van der Waals surface area contributed by atoms with Crippen LogP contribution in [0.3, 0.4) is 0 Å².